The van der Waals surface area contributed by atoms with Crippen molar-refractivity contribution in [2.75, 3.05) is 37.6 Å². The Labute approximate surface area is 163 Å². The molecule has 8 nitrogen and oxygen atoms in total. The van der Waals surface area contributed by atoms with Gasteiger partial charge in [0.05, 0.1) is 6.54 Å². The number of nitrogens with zero attached hydrogens (tertiary/aromatic N) is 6. The van der Waals surface area contributed by atoms with E-state index in [1.54, 1.807) is 18.7 Å². The lowest BCUT2D eigenvalue weighted by Crippen LogP contribution is -2.49. The zero-order chi connectivity index (χ0) is 19.2. The number of aromatic nitrogens is 4. The SMILES string of the molecule is O=C(CN1CCN(c2ccccn2)CC1)NCc1cccnc1-n1ccnc1. The molecule has 1 fully saturated rings. The van der Waals surface area contributed by atoms with Gasteiger partial charge in [-0.25, -0.2) is 15.0 Å². The molecule has 1 saturated heterocycles. The Morgan fingerprint density at radius 3 is 2.61 bits per heavy atom. The first-order chi connectivity index (χ1) is 13.8. The van der Waals surface area contributed by atoms with Gasteiger partial charge in [0.2, 0.25) is 5.91 Å². The smallest absolute Gasteiger partial charge is 0.234 e. The molecule has 8 heteroatoms. The number of rotatable bonds is 6. The average Bonchev–Trinajstić information content (AvgIpc) is 3.28. The van der Waals surface area contributed by atoms with Crippen LogP contribution in [0.1, 0.15) is 5.56 Å². The summed E-state index contributed by atoms with van der Waals surface area (Å²) in [7, 11) is 0. The molecule has 4 heterocycles. The molecule has 3 aromatic rings. The molecule has 0 radical (unpaired) electrons. The Morgan fingerprint density at radius 1 is 1.00 bits per heavy atom. The number of nitrogens with one attached hydrogen (secondary N) is 1. The van der Waals surface area contributed by atoms with Crippen molar-refractivity contribution < 1.29 is 4.79 Å². The van der Waals surface area contributed by atoms with Crippen LogP contribution < -0.4 is 10.2 Å². The van der Waals surface area contributed by atoms with Gasteiger partial charge in [0.15, 0.2) is 0 Å². The first-order valence-corrected chi connectivity index (χ1v) is 9.37. The Hall–Kier alpha value is -3.26. The quantitative estimate of drug-likeness (QED) is 0.693. The van der Waals surface area contributed by atoms with Crippen LogP contribution in [0.5, 0.6) is 0 Å². The van der Waals surface area contributed by atoms with E-state index in [0.29, 0.717) is 13.1 Å². The lowest BCUT2D eigenvalue weighted by atomic mass is 10.2. The Morgan fingerprint density at radius 2 is 1.86 bits per heavy atom. The van der Waals surface area contributed by atoms with Crippen LogP contribution in [0, 0.1) is 0 Å². The number of amides is 1. The van der Waals surface area contributed by atoms with Crippen molar-refractivity contribution in [3.63, 3.8) is 0 Å². The summed E-state index contributed by atoms with van der Waals surface area (Å²) in [5.74, 6) is 1.80. The zero-order valence-electron chi connectivity index (χ0n) is 15.6. The fraction of sp³-hybridized carbons (Fsp3) is 0.300. The highest BCUT2D eigenvalue weighted by Gasteiger charge is 2.19. The van der Waals surface area contributed by atoms with E-state index in [-0.39, 0.29) is 5.91 Å². The predicted molar refractivity (Wildman–Crippen MR) is 106 cm³/mol. The van der Waals surface area contributed by atoms with Gasteiger partial charge in [-0.05, 0) is 18.2 Å². The topological polar surface area (TPSA) is 79.2 Å². The average molecular weight is 377 g/mol. The Balaban J connectivity index is 1.27. The number of hydrogen-bond acceptors (Lipinski definition) is 6. The van der Waals surface area contributed by atoms with Gasteiger partial charge in [0, 0.05) is 63.1 Å². The lowest BCUT2D eigenvalue weighted by Gasteiger charge is -2.34. The van der Waals surface area contributed by atoms with E-state index in [9.17, 15) is 4.79 Å². The van der Waals surface area contributed by atoms with Crippen LogP contribution in [0.2, 0.25) is 0 Å². The molecule has 0 saturated carbocycles. The second kappa shape index (κ2) is 8.62. The van der Waals surface area contributed by atoms with Gasteiger partial charge in [-0.3, -0.25) is 14.3 Å². The fourth-order valence-corrected chi connectivity index (χ4v) is 3.31. The number of pyridine rings is 2. The van der Waals surface area contributed by atoms with Crippen molar-refractivity contribution in [1.82, 2.24) is 29.7 Å². The molecule has 0 spiro atoms. The third-order valence-corrected chi connectivity index (χ3v) is 4.81. The zero-order valence-corrected chi connectivity index (χ0v) is 15.6. The van der Waals surface area contributed by atoms with Crippen molar-refractivity contribution >= 4 is 11.7 Å². The number of anilines is 1. The molecule has 1 amide bonds. The van der Waals surface area contributed by atoms with Crippen LogP contribution in [0.3, 0.4) is 0 Å². The molecule has 1 aliphatic heterocycles. The summed E-state index contributed by atoms with van der Waals surface area (Å²) in [6.45, 7) is 4.27. The summed E-state index contributed by atoms with van der Waals surface area (Å²) in [5.41, 5.74) is 0.953. The van der Waals surface area contributed by atoms with E-state index in [0.717, 1.165) is 43.4 Å². The molecule has 144 valence electrons. The molecule has 0 unspecified atom stereocenters. The van der Waals surface area contributed by atoms with E-state index < -0.39 is 0 Å². The lowest BCUT2D eigenvalue weighted by molar-refractivity contribution is -0.122. The van der Waals surface area contributed by atoms with Gasteiger partial charge < -0.3 is 10.2 Å². The summed E-state index contributed by atoms with van der Waals surface area (Å²) in [6, 6.07) is 9.78. The summed E-state index contributed by atoms with van der Waals surface area (Å²) in [6.07, 6.45) is 8.80. The molecule has 1 N–H and O–H groups in total. The maximum atomic E-state index is 12.4. The molecule has 0 atom stereocenters. The van der Waals surface area contributed by atoms with Crippen LogP contribution in [0.25, 0.3) is 5.82 Å². The maximum absolute atomic E-state index is 12.4. The third kappa shape index (κ3) is 4.34. The number of piperazine rings is 1. The van der Waals surface area contributed by atoms with E-state index in [2.05, 4.69) is 30.1 Å². The minimum atomic E-state index is 0.0201. The molecule has 1 aliphatic rings. The van der Waals surface area contributed by atoms with Gasteiger partial charge in [-0.15, -0.1) is 0 Å². The molecular formula is C20H23N7O. The second-order valence-corrected chi connectivity index (χ2v) is 6.68. The van der Waals surface area contributed by atoms with Gasteiger partial charge in [-0.1, -0.05) is 12.1 Å². The highest BCUT2D eigenvalue weighted by atomic mass is 16.2. The van der Waals surface area contributed by atoms with Crippen molar-refractivity contribution in [3.8, 4) is 5.82 Å². The summed E-state index contributed by atoms with van der Waals surface area (Å²) in [4.78, 5) is 29.7. The van der Waals surface area contributed by atoms with Gasteiger partial charge in [0.25, 0.3) is 0 Å². The summed E-state index contributed by atoms with van der Waals surface area (Å²) >= 11 is 0. The van der Waals surface area contributed by atoms with Crippen LogP contribution in [-0.2, 0) is 11.3 Å². The Kier molecular flexibility index (Phi) is 5.58. The van der Waals surface area contributed by atoms with E-state index in [1.807, 2.05) is 47.3 Å². The van der Waals surface area contributed by atoms with Crippen LogP contribution in [0.4, 0.5) is 5.82 Å². The molecule has 4 rings (SSSR count). The standard InChI is InChI=1S/C20H23N7O/c28-19(15-25-10-12-26(13-11-25)18-5-1-2-6-22-18)24-14-17-4-3-7-23-20(17)27-9-8-21-16-27/h1-9,16H,10-15H2,(H,24,28). The molecule has 0 bridgehead atoms. The fourth-order valence-electron chi connectivity index (χ4n) is 3.31. The molecule has 3 aromatic heterocycles. The molecule has 0 aromatic carbocycles. The second-order valence-electron chi connectivity index (χ2n) is 6.68. The number of carbonyl (C=O) groups excluding carboxylic acids is 1. The van der Waals surface area contributed by atoms with Crippen LogP contribution in [0.15, 0.2) is 61.4 Å². The van der Waals surface area contributed by atoms with Gasteiger partial charge in [0.1, 0.15) is 18.0 Å². The number of hydrogen-bond donors (Lipinski definition) is 1. The highest BCUT2D eigenvalue weighted by Crippen LogP contribution is 2.13. The van der Waals surface area contributed by atoms with Crippen molar-refractivity contribution in [1.29, 1.82) is 0 Å². The largest absolute Gasteiger partial charge is 0.354 e. The Bertz CT molecular complexity index is 890. The van der Waals surface area contributed by atoms with Crippen molar-refractivity contribution in [2.24, 2.45) is 0 Å². The number of imidazole rings is 1. The van der Waals surface area contributed by atoms with E-state index in [4.69, 9.17) is 0 Å². The monoisotopic (exact) mass is 377 g/mol. The molecule has 28 heavy (non-hydrogen) atoms. The van der Waals surface area contributed by atoms with E-state index >= 15 is 0 Å². The van der Waals surface area contributed by atoms with E-state index in [1.165, 1.54) is 0 Å². The predicted octanol–water partition coefficient (Wildman–Crippen LogP) is 1.10. The first kappa shape index (κ1) is 18.1. The van der Waals surface area contributed by atoms with Crippen LogP contribution in [-0.4, -0.2) is 63.0 Å². The third-order valence-electron chi connectivity index (χ3n) is 4.81. The summed E-state index contributed by atoms with van der Waals surface area (Å²) in [5, 5.41) is 3.01. The number of carbonyl (C=O) groups is 1. The van der Waals surface area contributed by atoms with Gasteiger partial charge >= 0.3 is 0 Å². The highest BCUT2D eigenvalue weighted by molar-refractivity contribution is 5.78. The normalized spacial score (nSPS) is 14.8. The van der Waals surface area contributed by atoms with Crippen molar-refractivity contribution in [3.05, 3.63) is 67.0 Å². The molecular weight excluding hydrogens is 354 g/mol. The van der Waals surface area contributed by atoms with Crippen molar-refractivity contribution in [2.45, 2.75) is 6.54 Å². The molecule has 0 aliphatic carbocycles. The van der Waals surface area contributed by atoms with Gasteiger partial charge in [-0.2, -0.15) is 0 Å². The maximum Gasteiger partial charge on any atom is 0.234 e. The van der Waals surface area contributed by atoms with Crippen LogP contribution >= 0.6 is 0 Å². The first-order valence-electron chi connectivity index (χ1n) is 9.37. The minimum Gasteiger partial charge on any atom is -0.354 e. The minimum absolute atomic E-state index is 0.0201. The summed E-state index contributed by atoms with van der Waals surface area (Å²) < 4.78 is 1.85.